The molecule has 25 heavy (non-hydrogen) atoms. The molecule has 1 aromatic rings. The first kappa shape index (κ1) is 17.1. The Morgan fingerprint density at radius 2 is 1.84 bits per heavy atom. The summed E-state index contributed by atoms with van der Waals surface area (Å²) >= 11 is 1.64. The fourth-order valence-corrected chi connectivity index (χ4v) is 6.45. The number of rotatable bonds is 7. The Morgan fingerprint density at radius 3 is 2.44 bits per heavy atom. The molecule has 0 aliphatic heterocycles. The number of ether oxygens (including phenoxy) is 1. The van der Waals surface area contributed by atoms with Crippen LogP contribution in [-0.2, 0) is 20.7 Å². The Kier molecular flexibility index (Phi) is 4.85. The van der Waals surface area contributed by atoms with Gasteiger partial charge in [-0.05, 0) is 79.6 Å². The van der Waals surface area contributed by atoms with Crippen molar-refractivity contribution in [1.29, 1.82) is 0 Å². The topological polar surface area (TPSA) is 55.4 Å². The zero-order chi connectivity index (χ0) is 17.3. The average Bonchev–Trinajstić information content (AvgIpc) is 3.09. The minimum absolute atomic E-state index is 0.143. The highest BCUT2D eigenvalue weighted by molar-refractivity contribution is 7.09. The van der Waals surface area contributed by atoms with E-state index in [4.69, 9.17) is 4.74 Å². The minimum atomic E-state index is -0.293. The van der Waals surface area contributed by atoms with Gasteiger partial charge in [0.1, 0.15) is 0 Å². The zero-order valence-corrected chi connectivity index (χ0v) is 15.5. The molecule has 0 saturated heterocycles. The van der Waals surface area contributed by atoms with E-state index in [0.717, 1.165) is 24.3 Å². The molecule has 5 heteroatoms. The standard InChI is InChI=1S/C20H27NO3S/c22-18(12-24-19(23)4-3-17-2-1-5-25-17)21-13-20-9-14-6-15(10-20)8-16(7-14)11-20/h1-2,5,14-16H,3-4,6-13H2,(H,21,22). The molecule has 4 fully saturated rings. The lowest BCUT2D eigenvalue weighted by atomic mass is 9.49. The van der Waals surface area contributed by atoms with Gasteiger partial charge in [-0.1, -0.05) is 6.07 Å². The fraction of sp³-hybridized carbons (Fsp3) is 0.700. The highest BCUT2D eigenvalue weighted by atomic mass is 32.1. The number of hydrogen-bond donors (Lipinski definition) is 1. The molecule has 0 unspecified atom stereocenters. The SMILES string of the molecule is O=C(COC(=O)CCc1cccs1)NCC12CC3CC(CC(C3)C1)C2. The van der Waals surface area contributed by atoms with Crippen molar-refractivity contribution in [2.24, 2.45) is 23.2 Å². The largest absolute Gasteiger partial charge is 0.456 e. The molecule has 0 atom stereocenters. The second kappa shape index (κ2) is 7.10. The van der Waals surface area contributed by atoms with E-state index in [-0.39, 0.29) is 18.5 Å². The van der Waals surface area contributed by atoms with E-state index >= 15 is 0 Å². The summed E-state index contributed by atoms with van der Waals surface area (Å²) in [5.74, 6) is 2.22. The number of carbonyl (C=O) groups excluding carboxylic acids is 2. The first-order valence-electron chi connectivity index (χ1n) is 9.55. The Morgan fingerprint density at radius 1 is 1.16 bits per heavy atom. The molecule has 4 aliphatic rings. The number of amides is 1. The van der Waals surface area contributed by atoms with E-state index in [1.165, 1.54) is 43.4 Å². The van der Waals surface area contributed by atoms with Crippen LogP contribution in [0.1, 0.15) is 49.8 Å². The third kappa shape index (κ3) is 4.08. The van der Waals surface area contributed by atoms with E-state index in [9.17, 15) is 9.59 Å². The molecular formula is C20H27NO3S. The van der Waals surface area contributed by atoms with Crippen molar-refractivity contribution in [3.05, 3.63) is 22.4 Å². The third-order valence-electron chi connectivity index (χ3n) is 6.35. The molecule has 1 heterocycles. The number of nitrogens with one attached hydrogen (secondary N) is 1. The molecule has 4 aliphatic carbocycles. The van der Waals surface area contributed by atoms with Gasteiger partial charge in [0, 0.05) is 11.4 Å². The van der Waals surface area contributed by atoms with Gasteiger partial charge in [-0.25, -0.2) is 0 Å². The van der Waals surface area contributed by atoms with Crippen molar-refractivity contribution in [3.63, 3.8) is 0 Å². The monoisotopic (exact) mass is 361 g/mol. The molecule has 136 valence electrons. The Hall–Kier alpha value is -1.36. The van der Waals surface area contributed by atoms with Crippen molar-refractivity contribution in [2.45, 2.75) is 51.4 Å². The van der Waals surface area contributed by atoms with Crippen molar-refractivity contribution in [2.75, 3.05) is 13.2 Å². The van der Waals surface area contributed by atoms with Gasteiger partial charge in [0.2, 0.25) is 0 Å². The smallest absolute Gasteiger partial charge is 0.306 e. The second-order valence-electron chi connectivity index (χ2n) is 8.43. The van der Waals surface area contributed by atoms with Gasteiger partial charge in [0.05, 0.1) is 6.42 Å². The van der Waals surface area contributed by atoms with Crippen LogP contribution in [0.15, 0.2) is 17.5 Å². The maximum atomic E-state index is 12.1. The molecule has 1 aromatic heterocycles. The Bertz CT molecular complexity index is 590. The van der Waals surface area contributed by atoms with Crippen LogP contribution in [0.4, 0.5) is 0 Å². The Balaban J connectivity index is 1.17. The highest BCUT2D eigenvalue weighted by Gasteiger charge is 2.50. The predicted molar refractivity (Wildman–Crippen MR) is 97.2 cm³/mol. The summed E-state index contributed by atoms with van der Waals surface area (Å²) in [4.78, 5) is 25.0. The summed E-state index contributed by atoms with van der Waals surface area (Å²) in [5.41, 5.74) is 0.327. The summed E-state index contributed by atoms with van der Waals surface area (Å²) in [7, 11) is 0. The quantitative estimate of drug-likeness (QED) is 0.756. The average molecular weight is 362 g/mol. The summed E-state index contributed by atoms with van der Waals surface area (Å²) in [5, 5.41) is 5.05. The minimum Gasteiger partial charge on any atom is -0.456 e. The van der Waals surface area contributed by atoms with Gasteiger partial charge in [-0.15, -0.1) is 11.3 Å². The van der Waals surface area contributed by atoms with Crippen molar-refractivity contribution < 1.29 is 14.3 Å². The molecule has 0 radical (unpaired) electrons. The van der Waals surface area contributed by atoms with Gasteiger partial charge in [0.25, 0.3) is 5.91 Å². The third-order valence-corrected chi connectivity index (χ3v) is 7.28. The van der Waals surface area contributed by atoms with Crippen molar-refractivity contribution >= 4 is 23.2 Å². The Labute approximate surface area is 153 Å². The first-order valence-corrected chi connectivity index (χ1v) is 10.4. The molecule has 4 nitrogen and oxygen atoms in total. The van der Waals surface area contributed by atoms with Gasteiger partial charge in [0.15, 0.2) is 6.61 Å². The van der Waals surface area contributed by atoms with Gasteiger partial charge >= 0.3 is 5.97 Å². The van der Waals surface area contributed by atoms with E-state index in [1.807, 2.05) is 17.5 Å². The first-order chi connectivity index (χ1) is 12.1. The lowest BCUT2D eigenvalue weighted by Gasteiger charge is -2.56. The molecular weight excluding hydrogens is 334 g/mol. The maximum absolute atomic E-state index is 12.1. The van der Waals surface area contributed by atoms with E-state index in [2.05, 4.69) is 5.32 Å². The summed E-state index contributed by atoms with van der Waals surface area (Å²) in [6.45, 7) is 0.623. The number of esters is 1. The lowest BCUT2D eigenvalue weighted by Crippen LogP contribution is -2.51. The number of aryl methyl sites for hydroxylation is 1. The van der Waals surface area contributed by atoms with Gasteiger partial charge < -0.3 is 10.1 Å². The zero-order valence-electron chi connectivity index (χ0n) is 14.7. The molecule has 5 rings (SSSR count). The number of thiophene rings is 1. The van der Waals surface area contributed by atoms with Crippen LogP contribution >= 0.6 is 11.3 Å². The molecule has 1 amide bonds. The fourth-order valence-electron chi connectivity index (χ4n) is 5.74. The number of carbonyl (C=O) groups is 2. The van der Waals surface area contributed by atoms with Crippen LogP contribution in [0.5, 0.6) is 0 Å². The summed E-state index contributed by atoms with van der Waals surface area (Å²) in [6, 6.07) is 3.99. The van der Waals surface area contributed by atoms with Crippen LogP contribution in [0.2, 0.25) is 0 Å². The van der Waals surface area contributed by atoms with Crippen LogP contribution in [0.25, 0.3) is 0 Å². The van der Waals surface area contributed by atoms with Crippen LogP contribution < -0.4 is 5.32 Å². The normalized spacial score (nSPS) is 32.6. The summed E-state index contributed by atoms with van der Waals surface area (Å²) < 4.78 is 5.13. The molecule has 1 N–H and O–H groups in total. The second-order valence-corrected chi connectivity index (χ2v) is 9.47. The van der Waals surface area contributed by atoms with E-state index in [1.54, 1.807) is 11.3 Å². The predicted octanol–water partition coefficient (Wildman–Crippen LogP) is 3.56. The molecule has 4 saturated carbocycles. The van der Waals surface area contributed by atoms with Crippen LogP contribution in [-0.4, -0.2) is 25.0 Å². The van der Waals surface area contributed by atoms with Crippen LogP contribution in [0, 0.1) is 23.2 Å². The van der Waals surface area contributed by atoms with Crippen molar-refractivity contribution in [3.8, 4) is 0 Å². The summed E-state index contributed by atoms with van der Waals surface area (Å²) in [6.07, 6.45) is 9.09. The molecule has 4 bridgehead atoms. The van der Waals surface area contributed by atoms with Gasteiger partial charge in [-0.2, -0.15) is 0 Å². The number of hydrogen-bond acceptors (Lipinski definition) is 4. The lowest BCUT2D eigenvalue weighted by molar-refractivity contribution is -0.148. The van der Waals surface area contributed by atoms with Crippen LogP contribution in [0.3, 0.4) is 0 Å². The molecule has 0 spiro atoms. The van der Waals surface area contributed by atoms with Crippen molar-refractivity contribution in [1.82, 2.24) is 5.32 Å². The maximum Gasteiger partial charge on any atom is 0.306 e. The molecule has 0 aromatic carbocycles. The highest BCUT2D eigenvalue weighted by Crippen LogP contribution is 2.59. The van der Waals surface area contributed by atoms with E-state index in [0.29, 0.717) is 18.3 Å². The van der Waals surface area contributed by atoms with E-state index < -0.39 is 0 Å². The van der Waals surface area contributed by atoms with Gasteiger partial charge in [-0.3, -0.25) is 9.59 Å².